The fourth-order valence-corrected chi connectivity index (χ4v) is 3.33. The van der Waals surface area contributed by atoms with E-state index in [1.165, 1.54) is 0 Å². The van der Waals surface area contributed by atoms with Gasteiger partial charge in [0, 0.05) is 12.1 Å². The molecule has 2 aromatic rings. The second-order valence-electron chi connectivity index (χ2n) is 8.33. The number of aryl methyl sites for hydroxylation is 1. The minimum Gasteiger partial charge on any atom is -0.489 e. The predicted molar refractivity (Wildman–Crippen MR) is 112 cm³/mol. The second-order valence-corrected chi connectivity index (χ2v) is 8.33. The maximum Gasteiger partial charge on any atom is 0.326 e. The lowest BCUT2D eigenvalue weighted by Crippen LogP contribution is -2.38. The topological polar surface area (TPSA) is 79.6 Å². The van der Waals surface area contributed by atoms with Crippen LogP contribution in [0.15, 0.2) is 42.5 Å². The van der Waals surface area contributed by atoms with Gasteiger partial charge in [0.2, 0.25) is 0 Å². The monoisotopic (exact) mass is 406 g/mol. The Kier molecular flexibility index (Phi) is 6.41. The maximum absolute atomic E-state index is 12.9. The third-order valence-corrected chi connectivity index (χ3v) is 4.70. The highest BCUT2D eigenvalue weighted by atomic mass is 16.6. The zero-order valence-corrected chi connectivity index (χ0v) is 17.6. The van der Waals surface area contributed by atoms with Gasteiger partial charge in [-0.2, -0.15) is 5.26 Å². The van der Waals surface area contributed by atoms with Crippen LogP contribution in [0.2, 0.25) is 0 Å². The molecular formula is C24H26N2O4. The van der Waals surface area contributed by atoms with Gasteiger partial charge in [0.15, 0.2) is 0 Å². The van der Waals surface area contributed by atoms with Crippen LogP contribution in [0.3, 0.4) is 0 Å². The Hall–Kier alpha value is -3.33. The number of hydrogen-bond donors (Lipinski definition) is 0. The van der Waals surface area contributed by atoms with Crippen molar-refractivity contribution < 1.29 is 19.1 Å². The van der Waals surface area contributed by atoms with Crippen LogP contribution in [0, 0.1) is 11.3 Å². The van der Waals surface area contributed by atoms with Gasteiger partial charge in [-0.05, 0) is 75.1 Å². The molecule has 0 fully saturated rings. The molecule has 0 unspecified atom stereocenters. The van der Waals surface area contributed by atoms with Crippen LogP contribution in [0.25, 0.3) is 0 Å². The van der Waals surface area contributed by atoms with Crippen LogP contribution < -0.4 is 4.74 Å². The molecule has 0 atom stereocenters. The average molecular weight is 406 g/mol. The van der Waals surface area contributed by atoms with E-state index in [9.17, 15) is 9.59 Å². The number of nitriles is 1. The molecule has 1 aliphatic rings. The first-order chi connectivity index (χ1) is 14.2. The van der Waals surface area contributed by atoms with Gasteiger partial charge in [-0.1, -0.05) is 12.1 Å². The highest BCUT2D eigenvalue weighted by Gasteiger charge is 2.26. The zero-order chi connectivity index (χ0) is 21.7. The first kappa shape index (κ1) is 21.4. The van der Waals surface area contributed by atoms with Crippen LogP contribution in [-0.2, 0) is 22.6 Å². The number of carbonyl (C=O) groups is 2. The summed E-state index contributed by atoms with van der Waals surface area (Å²) in [4.78, 5) is 26.6. The summed E-state index contributed by atoms with van der Waals surface area (Å²) in [5, 5.41) is 8.87. The van der Waals surface area contributed by atoms with Crippen molar-refractivity contribution in [3.8, 4) is 11.8 Å². The van der Waals surface area contributed by atoms with Crippen molar-refractivity contribution in [1.82, 2.24) is 4.90 Å². The molecule has 0 aromatic heterocycles. The number of hydrogen-bond acceptors (Lipinski definition) is 5. The third-order valence-electron chi connectivity index (χ3n) is 4.70. The van der Waals surface area contributed by atoms with Crippen LogP contribution >= 0.6 is 0 Å². The molecule has 6 heteroatoms. The highest BCUT2D eigenvalue weighted by molar-refractivity contribution is 5.97. The number of fused-ring (bicyclic) bond motifs is 1. The summed E-state index contributed by atoms with van der Waals surface area (Å²) in [6.45, 7) is 6.27. The molecule has 1 heterocycles. The molecular weight excluding hydrogens is 380 g/mol. The Morgan fingerprint density at radius 3 is 2.57 bits per heavy atom. The predicted octanol–water partition coefficient (Wildman–Crippen LogP) is 3.87. The van der Waals surface area contributed by atoms with Crippen molar-refractivity contribution in [2.75, 3.05) is 13.1 Å². The number of rotatable bonds is 5. The van der Waals surface area contributed by atoms with E-state index in [1.54, 1.807) is 29.2 Å². The normalized spacial score (nSPS) is 13.8. The van der Waals surface area contributed by atoms with Gasteiger partial charge >= 0.3 is 5.97 Å². The Balaban J connectivity index is 1.67. The van der Waals surface area contributed by atoms with Gasteiger partial charge in [-0.3, -0.25) is 9.59 Å². The van der Waals surface area contributed by atoms with Crippen molar-refractivity contribution in [3.63, 3.8) is 0 Å². The van der Waals surface area contributed by atoms with Crippen LogP contribution in [0.5, 0.6) is 5.75 Å². The highest BCUT2D eigenvalue weighted by Crippen LogP contribution is 2.24. The van der Waals surface area contributed by atoms with Crippen molar-refractivity contribution in [1.29, 1.82) is 5.26 Å². The molecule has 0 saturated carbocycles. The van der Waals surface area contributed by atoms with Gasteiger partial charge < -0.3 is 14.4 Å². The Morgan fingerprint density at radius 1 is 1.17 bits per heavy atom. The number of amides is 1. The van der Waals surface area contributed by atoms with Gasteiger partial charge in [0.25, 0.3) is 5.91 Å². The second kappa shape index (κ2) is 9.00. The third kappa shape index (κ3) is 5.60. The molecule has 30 heavy (non-hydrogen) atoms. The lowest BCUT2D eigenvalue weighted by Gasteiger charge is -2.24. The number of esters is 1. The first-order valence-corrected chi connectivity index (χ1v) is 10.0. The quantitative estimate of drug-likeness (QED) is 0.705. The van der Waals surface area contributed by atoms with E-state index in [2.05, 4.69) is 6.07 Å². The average Bonchev–Trinajstić information content (AvgIpc) is 2.84. The van der Waals surface area contributed by atoms with Crippen LogP contribution in [0.4, 0.5) is 0 Å². The molecule has 1 aliphatic heterocycles. The summed E-state index contributed by atoms with van der Waals surface area (Å²) in [5.41, 5.74) is 2.51. The summed E-state index contributed by atoms with van der Waals surface area (Å²) < 4.78 is 11.2. The molecule has 6 nitrogen and oxygen atoms in total. The minimum absolute atomic E-state index is 0.0491. The van der Waals surface area contributed by atoms with Crippen molar-refractivity contribution in [2.24, 2.45) is 0 Å². The smallest absolute Gasteiger partial charge is 0.326 e. The number of nitrogens with zero attached hydrogens (tertiary/aromatic N) is 2. The van der Waals surface area contributed by atoms with Gasteiger partial charge in [-0.15, -0.1) is 0 Å². The van der Waals surface area contributed by atoms with E-state index < -0.39 is 11.6 Å². The maximum atomic E-state index is 12.9. The molecule has 0 saturated heterocycles. The standard InChI is InChI=1S/C24H26N2O4/c1-24(2,3)30-22(27)15-26-12-4-5-19-13-20(10-11-21(19)23(26)28)29-16-18-8-6-17(14-25)7-9-18/h6-11,13H,4-5,12,15-16H2,1-3H3. The van der Waals surface area contributed by atoms with E-state index in [0.29, 0.717) is 30.0 Å². The summed E-state index contributed by atoms with van der Waals surface area (Å²) in [6, 6.07) is 14.8. The van der Waals surface area contributed by atoms with Crippen molar-refractivity contribution >= 4 is 11.9 Å². The Morgan fingerprint density at radius 2 is 1.90 bits per heavy atom. The van der Waals surface area contributed by atoms with Gasteiger partial charge in [0.05, 0.1) is 11.6 Å². The molecule has 0 bridgehead atoms. The molecule has 0 spiro atoms. The SMILES string of the molecule is CC(C)(C)OC(=O)CN1CCCc2cc(OCc3ccc(C#N)cc3)ccc2C1=O. The molecule has 0 radical (unpaired) electrons. The van der Waals surface area contributed by atoms with E-state index in [-0.39, 0.29) is 12.5 Å². The largest absolute Gasteiger partial charge is 0.489 e. The summed E-state index contributed by atoms with van der Waals surface area (Å²) >= 11 is 0. The van der Waals surface area contributed by atoms with Gasteiger partial charge in [0.1, 0.15) is 24.5 Å². The summed E-state index contributed by atoms with van der Waals surface area (Å²) in [5.74, 6) is 0.125. The summed E-state index contributed by atoms with van der Waals surface area (Å²) in [6.07, 6.45) is 1.50. The van der Waals surface area contributed by atoms with E-state index in [1.807, 2.05) is 39.0 Å². The molecule has 1 amide bonds. The lowest BCUT2D eigenvalue weighted by atomic mass is 10.0. The fourth-order valence-electron chi connectivity index (χ4n) is 3.33. The van der Waals surface area contributed by atoms with E-state index >= 15 is 0 Å². The van der Waals surface area contributed by atoms with Gasteiger partial charge in [-0.25, -0.2) is 0 Å². The minimum atomic E-state index is -0.578. The van der Waals surface area contributed by atoms with E-state index in [0.717, 1.165) is 24.0 Å². The number of benzene rings is 2. The fraction of sp³-hybridized carbons (Fsp3) is 0.375. The number of ether oxygens (including phenoxy) is 2. The van der Waals surface area contributed by atoms with Crippen molar-refractivity contribution in [3.05, 3.63) is 64.7 Å². The zero-order valence-electron chi connectivity index (χ0n) is 17.6. The summed E-state index contributed by atoms with van der Waals surface area (Å²) in [7, 11) is 0. The molecule has 0 aliphatic carbocycles. The van der Waals surface area contributed by atoms with E-state index in [4.69, 9.17) is 14.7 Å². The molecule has 0 N–H and O–H groups in total. The Labute approximate surface area is 177 Å². The Bertz CT molecular complexity index is 968. The molecule has 156 valence electrons. The number of carbonyl (C=O) groups excluding carboxylic acids is 2. The lowest BCUT2D eigenvalue weighted by molar-refractivity contribution is -0.155. The first-order valence-electron chi connectivity index (χ1n) is 10.0. The molecule has 3 rings (SSSR count). The van der Waals surface area contributed by atoms with Crippen LogP contribution in [0.1, 0.15) is 54.2 Å². The van der Waals surface area contributed by atoms with Crippen molar-refractivity contribution in [2.45, 2.75) is 45.8 Å². The van der Waals surface area contributed by atoms with Crippen LogP contribution in [-0.4, -0.2) is 35.5 Å². The molecule has 2 aromatic carbocycles.